The second-order valence-electron chi connectivity index (χ2n) is 5.17. The van der Waals surface area contributed by atoms with Gasteiger partial charge in [-0.1, -0.05) is 24.3 Å². The van der Waals surface area contributed by atoms with Crippen LogP contribution >= 0.6 is 0 Å². The summed E-state index contributed by atoms with van der Waals surface area (Å²) in [6.45, 7) is 2.51. The van der Waals surface area contributed by atoms with Crippen LogP contribution in [0.3, 0.4) is 0 Å². The number of halogens is 2. The quantitative estimate of drug-likeness (QED) is 0.899. The molecule has 0 aliphatic carbocycles. The fourth-order valence-electron chi connectivity index (χ4n) is 2.38. The van der Waals surface area contributed by atoms with Crippen LogP contribution in [0.4, 0.5) is 14.5 Å². The lowest BCUT2D eigenvalue weighted by Crippen LogP contribution is -2.22. The van der Waals surface area contributed by atoms with E-state index in [1.54, 1.807) is 18.2 Å². The van der Waals surface area contributed by atoms with E-state index >= 15 is 0 Å². The van der Waals surface area contributed by atoms with E-state index in [9.17, 15) is 8.78 Å². The third-order valence-corrected chi connectivity index (χ3v) is 3.63. The van der Waals surface area contributed by atoms with Crippen molar-refractivity contribution in [1.29, 1.82) is 0 Å². The van der Waals surface area contributed by atoms with Gasteiger partial charge in [-0.15, -0.1) is 0 Å². The Morgan fingerprint density at radius 1 is 1.10 bits per heavy atom. The summed E-state index contributed by atoms with van der Waals surface area (Å²) in [5.74, 6) is -0.518. The highest BCUT2D eigenvalue weighted by Gasteiger charge is 2.16. The van der Waals surface area contributed by atoms with Crippen LogP contribution in [0.15, 0.2) is 42.5 Å². The Balaban J connectivity index is 2.29. The van der Waals surface area contributed by atoms with Gasteiger partial charge in [0.05, 0.1) is 5.69 Å². The van der Waals surface area contributed by atoms with Crippen molar-refractivity contribution < 1.29 is 8.78 Å². The molecule has 1 N–H and O–H groups in total. The molecule has 0 radical (unpaired) electrons. The van der Waals surface area contributed by atoms with Crippen molar-refractivity contribution in [1.82, 2.24) is 5.32 Å². The van der Waals surface area contributed by atoms with Crippen molar-refractivity contribution in [2.75, 3.05) is 19.0 Å². The van der Waals surface area contributed by atoms with Gasteiger partial charge in [0, 0.05) is 19.6 Å². The normalized spacial score (nSPS) is 12.2. The monoisotopic (exact) mass is 290 g/mol. The lowest BCUT2D eigenvalue weighted by Gasteiger charge is -2.25. The van der Waals surface area contributed by atoms with E-state index in [1.807, 2.05) is 32.0 Å². The van der Waals surface area contributed by atoms with Gasteiger partial charge >= 0.3 is 0 Å². The molecule has 0 bridgehead atoms. The minimum absolute atomic E-state index is 0.0476. The van der Waals surface area contributed by atoms with Crippen molar-refractivity contribution >= 4 is 5.69 Å². The molecule has 0 spiro atoms. The molecule has 1 unspecified atom stereocenters. The Bertz CT molecular complexity index is 596. The van der Waals surface area contributed by atoms with Gasteiger partial charge in [0.1, 0.15) is 11.6 Å². The molecule has 2 rings (SSSR count). The molecule has 4 heteroatoms. The van der Waals surface area contributed by atoms with E-state index in [0.717, 1.165) is 11.1 Å². The second-order valence-corrected chi connectivity index (χ2v) is 5.17. The summed E-state index contributed by atoms with van der Waals surface area (Å²) in [5, 5.41) is 3.13. The van der Waals surface area contributed by atoms with E-state index < -0.39 is 0 Å². The van der Waals surface area contributed by atoms with Crippen molar-refractivity contribution in [2.24, 2.45) is 0 Å². The molecule has 0 aliphatic heterocycles. The standard InChI is InChI=1S/C17H20F2N2/c1-12(20-2)15-5-4-6-16(19)17(15)21(3)11-13-7-9-14(18)10-8-13/h4-10,12,20H,11H2,1-3H3. The van der Waals surface area contributed by atoms with Gasteiger partial charge in [-0.05, 0) is 43.3 Å². The van der Waals surface area contributed by atoms with Crippen LogP contribution in [0.2, 0.25) is 0 Å². The van der Waals surface area contributed by atoms with Crippen LogP contribution in [0, 0.1) is 11.6 Å². The Hall–Kier alpha value is -1.94. The van der Waals surface area contributed by atoms with Gasteiger partial charge in [0.25, 0.3) is 0 Å². The molecule has 0 amide bonds. The molecule has 0 fully saturated rings. The number of nitrogens with one attached hydrogen (secondary N) is 1. The van der Waals surface area contributed by atoms with Crippen LogP contribution in [0.25, 0.3) is 0 Å². The van der Waals surface area contributed by atoms with Crippen molar-refractivity contribution in [3.8, 4) is 0 Å². The predicted molar refractivity (Wildman–Crippen MR) is 82.4 cm³/mol. The smallest absolute Gasteiger partial charge is 0.146 e. The number of rotatable bonds is 5. The average molecular weight is 290 g/mol. The Morgan fingerprint density at radius 3 is 2.38 bits per heavy atom. The zero-order chi connectivity index (χ0) is 15.4. The van der Waals surface area contributed by atoms with Crippen LogP contribution in [0.5, 0.6) is 0 Å². The number of benzene rings is 2. The molecule has 112 valence electrons. The predicted octanol–water partition coefficient (Wildman–Crippen LogP) is 3.88. The number of hydrogen-bond acceptors (Lipinski definition) is 2. The summed E-state index contributed by atoms with van der Waals surface area (Å²) in [4.78, 5) is 1.85. The van der Waals surface area contributed by atoms with Gasteiger partial charge in [0.15, 0.2) is 0 Å². The maximum atomic E-state index is 14.2. The molecular formula is C17H20F2N2. The number of anilines is 1. The first kappa shape index (κ1) is 15.4. The zero-order valence-corrected chi connectivity index (χ0v) is 12.5. The topological polar surface area (TPSA) is 15.3 Å². The molecule has 2 aromatic rings. The van der Waals surface area contributed by atoms with E-state index in [4.69, 9.17) is 0 Å². The summed E-state index contributed by atoms with van der Waals surface area (Å²) >= 11 is 0. The second kappa shape index (κ2) is 6.68. The Kier molecular flexibility index (Phi) is 4.91. The highest BCUT2D eigenvalue weighted by atomic mass is 19.1. The fourth-order valence-corrected chi connectivity index (χ4v) is 2.38. The molecule has 2 aromatic carbocycles. The van der Waals surface area contributed by atoms with Gasteiger partial charge in [0.2, 0.25) is 0 Å². The summed E-state index contributed by atoms with van der Waals surface area (Å²) in [6, 6.07) is 11.4. The molecule has 1 atom stereocenters. The van der Waals surface area contributed by atoms with Crippen molar-refractivity contribution in [3.05, 3.63) is 65.2 Å². The molecule has 21 heavy (non-hydrogen) atoms. The van der Waals surface area contributed by atoms with E-state index in [-0.39, 0.29) is 17.7 Å². The van der Waals surface area contributed by atoms with Crippen LogP contribution < -0.4 is 10.2 Å². The van der Waals surface area contributed by atoms with Crippen molar-refractivity contribution in [2.45, 2.75) is 19.5 Å². The lowest BCUT2D eigenvalue weighted by molar-refractivity contribution is 0.602. The minimum Gasteiger partial charge on any atom is -0.368 e. The molecule has 0 aliphatic rings. The highest BCUT2D eigenvalue weighted by molar-refractivity contribution is 5.56. The van der Waals surface area contributed by atoms with Crippen LogP contribution in [0.1, 0.15) is 24.1 Å². The van der Waals surface area contributed by atoms with Gasteiger partial charge in [-0.3, -0.25) is 0 Å². The maximum absolute atomic E-state index is 14.2. The van der Waals surface area contributed by atoms with Crippen LogP contribution in [-0.4, -0.2) is 14.1 Å². The fraction of sp³-hybridized carbons (Fsp3) is 0.294. The zero-order valence-electron chi connectivity index (χ0n) is 12.5. The third kappa shape index (κ3) is 3.58. The lowest BCUT2D eigenvalue weighted by atomic mass is 10.0. The molecule has 0 saturated heterocycles. The third-order valence-electron chi connectivity index (χ3n) is 3.63. The number of nitrogens with zero attached hydrogens (tertiary/aromatic N) is 1. The first-order valence-corrected chi connectivity index (χ1v) is 6.94. The van der Waals surface area contributed by atoms with Crippen LogP contribution in [-0.2, 0) is 6.54 Å². The molecule has 0 aromatic heterocycles. The van der Waals surface area contributed by atoms with E-state index in [1.165, 1.54) is 18.2 Å². The largest absolute Gasteiger partial charge is 0.368 e. The van der Waals surface area contributed by atoms with E-state index in [2.05, 4.69) is 5.32 Å². The maximum Gasteiger partial charge on any atom is 0.146 e. The summed E-state index contributed by atoms with van der Waals surface area (Å²) < 4.78 is 27.2. The Morgan fingerprint density at radius 2 is 1.76 bits per heavy atom. The Labute approximate surface area is 124 Å². The molecular weight excluding hydrogens is 270 g/mol. The molecule has 0 saturated carbocycles. The number of para-hydroxylation sites is 1. The van der Waals surface area contributed by atoms with Gasteiger partial charge in [-0.25, -0.2) is 8.78 Å². The van der Waals surface area contributed by atoms with Crippen molar-refractivity contribution in [3.63, 3.8) is 0 Å². The summed E-state index contributed by atoms with van der Waals surface area (Å²) in [6.07, 6.45) is 0. The first-order valence-electron chi connectivity index (χ1n) is 6.94. The minimum atomic E-state index is -0.267. The molecule has 0 heterocycles. The number of hydrogen-bond donors (Lipinski definition) is 1. The summed E-state index contributed by atoms with van der Waals surface area (Å²) in [7, 11) is 3.69. The average Bonchev–Trinajstić information content (AvgIpc) is 2.48. The highest BCUT2D eigenvalue weighted by Crippen LogP contribution is 2.29. The summed E-state index contributed by atoms with van der Waals surface area (Å²) in [5.41, 5.74) is 2.41. The first-order chi connectivity index (χ1) is 10.0. The van der Waals surface area contributed by atoms with Gasteiger partial charge in [-0.2, -0.15) is 0 Å². The van der Waals surface area contributed by atoms with E-state index in [0.29, 0.717) is 12.2 Å². The van der Waals surface area contributed by atoms with Gasteiger partial charge < -0.3 is 10.2 Å². The SMILES string of the molecule is CNC(C)c1cccc(F)c1N(C)Cc1ccc(F)cc1. The molecule has 2 nitrogen and oxygen atoms in total.